The molecule has 0 saturated carbocycles. The molecular formula is C32H32F2N2O4S. The summed E-state index contributed by atoms with van der Waals surface area (Å²) in [5, 5.41) is 0. The summed E-state index contributed by atoms with van der Waals surface area (Å²) < 4.78 is 56.5. The quantitative estimate of drug-likeness (QED) is 0.173. The van der Waals surface area contributed by atoms with Crippen molar-refractivity contribution in [2.75, 3.05) is 13.3 Å². The van der Waals surface area contributed by atoms with E-state index in [1.165, 1.54) is 4.57 Å². The Morgan fingerprint density at radius 2 is 1.54 bits per heavy atom. The van der Waals surface area contributed by atoms with Gasteiger partial charge in [-0.3, -0.25) is 4.57 Å². The van der Waals surface area contributed by atoms with Crippen molar-refractivity contribution in [2.45, 2.75) is 51.2 Å². The summed E-state index contributed by atoms with van der Waals surface area (Å²) in [6.45, 7) is 2.92. The van der Waals surface area contributed by atoms with Gasteiger partial charge in [-0.05, 0) is 48.3 Å². The summed E-state index contributed by atoms with van der Waals surface area (Å²) in [6, 6.07) is 26.2. The smallest absolute Gasteiger partial charge is 0.223 e. The van der Waals surface area contributed by atoms with Crippen molar-refractivity contribution in [3.05, 3.63) is 118 Å². The van der Waals surface area contributed by atoms with Gasteiger partial charge in [0.25, 0.3) is 0 Å². The molecule has 1 aromatic heterocycles. The third-order valence-corrected chi connectivity index (χ3v) is 7.39. The number of nitrogens with zero attached hydrogens (tertiary/aromatic N) is 2. The summed E-state index contributed by atoms with van der Waals surface area (Å²) in [4.78, 5) is 4.37. The summed E-state index contributed by atoms with van der Waals surface area (Å²) in [7, 11) is 0. The van der Waals surface area contributed by atoms with Crippen LogP contribution in [0, 0.1) is 18.6 Å². The minimum Gasteiger partial charge on any atom is -0.438 e. The van der Waals surface area contributed by atoms with Gasteiger partial charge in [0.1, 0.15) is 18.5 Å². The van der Waals surface area contributed by atoms with E-state index in [9.17, 15) is 4.39 Å². The normalized spacial score (nSPS) is 22.1. The predicted molar refractivity (Wildman–Crippen MR) is 154 cm³/mol. The number of alkyl halides is 2. The Morgan fingerprint density at radius 1 is 0.902 bits per heavy atom. The molecule has 0 bridgehead atoms. The number of para-hydroxylation sites is 1. The molecule has 0 aliphatic carbocycles. The Kier molecular flexibility index (Phi) is 9.19. The van der Waals surface area contributed by atoms with Gasteiger partial charge in [0.05, 0.1) is 19.8 Å². The molecule has 214 valence electrons. The van der Waals surface area contributed by atoms with E-state index in [0.29, 0.717) is 5.75 Å². The van der Waals surface area contributed by atoms with Gasteiger partial charge in [0.15, 0.2) is 18.0 Å². The average Bonchev–Trinajstić information content (AvgIpc) is 3.26. The lowest BCUT2D eigenvalue weighted by Crippen LogP contribution is -2.49. The van der Waals surface area contributed by atoms with Gasteiger partial charge in [-0.1, -0.05) is 78.9 Å². The van der Waals surface area contributed by atoms with Gasteiger partial charge >= 0.3 is 0 Å². The maximum Gasteiger partial charge on any atom is 0.223 e. The maximum atomic E-state index is 16.2. The Labute approximate surface area is 243 Å². The molecule has 4 aromatic rings. The van der Waals surface area contributed by atoms with E-state index in [2.05, 4.69) is 4.98 Å². The van der Waals surface area contributed by atoms with Crippen molar-refractivity contribution in [1.82, 2.24) is 9.55 Å². The van der Waals surface area contributed by atoms with E-state index in [0.717, 1.165) is 22.3 Å². The highest BCUT2D eigenvalue weighted by atomic mass is 32.1. The molecule has 3 aromatic carbocycles. The van der Waals surface area contributed by atoms with Crippen LogP contribution < -0.4 is 4.74 Å². The fourth-order valence-corrected chi connectivity index (χ4v) is 5.17. The van der Waals surface area contributed by atoms with Crippen molar-refractivity contribution in [1.29, 1.82) is 0 Å². The van der Waals surface area contributed by atoms with Crippen LogP contribution in [0.1, 0.15) is 28.5 Å². The van der Waals surface area contributed by atoms with Crippen molar-refractivity contribution in [3.8, 4) is 11.6 Å². The zero-order valence-corrected chi connectivity index (χ0v) is 23.7. The SMILES string of the molecule is Cc1cccc(C)c1Oc1ccn([C@@H]2O[C@](CF)(COCc3ccccc3)[C@H](OCc3ccccc3)[C@@H]2F)c(=S)n1. The highest BCUT2D eigenvalue weighted by Gasteiger charge is 2.58. The fraction of sp³-hybridized carbons (Fsp3) is 0.312. The number of benzene rings is 3. The Hall–Kier alpha value is -3.50. The summed E-state index contributed by atoms with van der Waals surface area (Å²) >= 11 is 5.51. The number of hydrogen-bond acceptors (Lipinski definition) is 6. The number of aromatic nitrogens is 2. The topological polar surface area (TPSA) is 54.7 Å². The van der Waals surface area contributed by atoms with Crippen LogP contribution in [0.5, 0.6) is 11.6 Å². The first-order chi connectivity index (χ1) is 19.9. The van der Waals surface area contributed by atoms with Crippen LogP contribution >= 0.6 is 12.2 Å². The number of halogens is 2. The zero-order valence-electron chi connectivity index (χ0n) is 22.9. The first kappa shape index (κ1) is 29.0. The summed E-state index contributed by atoms with van der Waals surface area (Å²) in [5.74, 6) is 0.936. The number of aryl methyl sites for hydroxylation is 2. The molecule has 5 rings (SSSR count). The first-order valence-corrected chi connectivity index (χ1v) is 13.8. The molecule has 1 aliphatic rings. The van der Waals surface area contributed by atoms with Gasteiger partial charge in [0.2, 0.25) is 10.7 Å². The fourth-order valence-electron chi connectivity index (χ4n) is 4.92. The third-order valence-electron chi connectivity index (χ3n) is 7.09. The molecule has 41 heavy (non-hydrogen) atoms. The average molecular weight is 579 g/mol. The lowest BCUT2D eigenvalue weighted by atomic mass is 9.97. The molecule has 1 aliphatic heterocycles. The predicted octanol–water partition coefficient (Wildman–Crippen LogP) is 7.40. The van der Waals surface area contributed by atoms with E-state index in [1.54, 1.807) is 12.3 Å². The Morgan fingerprint density at radius 3 is 2.15 bits per heavy atom. The number of hydrogen-bond donors (Lipinski definition) is 0. The molecule has 1 fully saturated rings. The van der Waals surface area contributed by atoms with Gasteiger partial charge in [0, 0.05) is 12.3 Å². The van der Waals surface area contributed by atoms with Gasteiger partial charge < -0.3 is 18.9 Å². The molecule has 2 heterocycles. The minimum absolute atomic E-state index is 0.0306. The molecule has 0 N–H and O–H groups in total. The van der Waals surface area contributed by atoms with Crippen molar-refractivity contribution >= 4 is 12.2 Å². The standard InChI is InChI=1S/C32H32F2N2O4S/c1-22-10-9-11-23(2)28(22)39-26-16-17-36(31(41)35-26)30-27(34)29(38-19-25-14-7-4-8-15-25)32(20-33,40-30)21-37-18-24-12-5-3-6-13-24/h3-17,27,29-30H,18-21H2,1-2H3/t27-,29+,30+,32+/m0/s1. The maximum absolute atomic E-state index is 16.2. The van der Waals surface area contributed by atoms with Crippen LogP contribution in [0.3, 0.4) is 0 Å². The second-order valence-corrected chi connectivity index (χ2v) is 10.5. The second-order valence-electron chi connectivity index (χ2n) is 10.1. The number of ether oxygens (including phenoxy) is 4. The van der Waals surface area contributed by atoms with Gasteiger partial charge in [-0.25, -0.2) is 8.78 Å². The van der Waals surface area contributed by atoms with Crippen molar-refractivity contribution in [3.63, 3.8) is 0 Å². The molecule has 0 amide bonds. The largest absolute Gasteiger partial charge is 0.438 e. The van der Waals surface area contributed by atoms with Crippen LogP contribution in [-0.2, 0) is 27.4 Å². The molecule has 1 saturated heterocycles. The lowest BCUT2D eigenvalue weighted by Gasteiger charge is -2.31. The van der Waals surface area contributed by atoms with E-state index < -0.39 is 30.8 Å². The van der Waals surface area contributed by atoms with Crippen LogP contribution in [0.4, 0.5) is 8.78 Å². The molecule has 0 radical (unpaired) electrons. The third kappa shape index (κ3) is 6.54. The Balaban J connectivity index is 1.39. The summed E-state index contributed by atoms with van der Waals surface area (Å²) in [6.07, 6.45) is -2.75. The van der Waals surface area contributed by atoms with Crippen LogP contribution in [-0.4, -0.2) is 40.7 Å². The second kappa shape index (κ2) is 13.0. The van der Waals surface area contributed by atoms with E-state index in [-0.39, 0.29) is 30.5 Å². The van der Waals surface area contributed by atoms with Crippen molar-refractivity contribution in [2.24, 2.45) is 0 Å². The lowest BCUT2D eigenvalue weighted by molar-refractivity contribution is -0.164. The molecular weight excluding hydrogens is 546 g/mol. The molecule has 6 nitrogen and oxygen atoms in total. The van der Waals surface area contributed by atoms with E-state index in [1.807, 2.05) is 92.7 Å². The zero-order chi connectivity index (χ0) is 28.8. The molecule has 4 atom stereocenters. The number of rotatable bonds is 11. The van der Waals surface area contributed by atoms with E-state index in [4.69, 9.17) is 31.2 Å². The van der Waals surface area contributed by atoms with Crippen LogP contribution in [0.2, 0.25) is 0 Å². The molecule has 9 heteroatoms. The highest BCUT2D eigenvalue weighted by molar-refractivity contribution is 7.71. The first-order valence-electron chi connectivity index (χ1n) is 13.4. The van der Waals surface area contributed by atoms with Crippen molar-refractivity contribution < 1.29 is 27.7 Å². The Bertz CT molecular complexity index is 1480. The van der Waals surface area contributed by atoms with Crippen LogP contribution in [0.25, 0.3) is 0 Å². The highest BCUT2D eigenvalue weighted by Crippen LogP contribution is 2.42. The minimum atomic E-state index is -1.76. The van der Waals surface area contributed by atoms with Gasteiger partial charge in [-0.15, -0.1) is 0 Å². The van der Waals surface area contributed by atoms with Crippen LogP contribution in [0.15, 0.2) is 91.1 Å². The molecule has 0 spiro atoms. The monoisotopic (exact) mass is 578 g/mol. The van der Waals surface area contributed by atoms with Gasteiger partial charge in [-0.2, -0.15) is 4.98 Å². The molecule has 0 unspecified atom stereocenters. The van der Waals surface area contributed by atoms with E-state index >= 15 is 4.39 Å². The summed E-state index contributed by atoms with van der Waals surface area (Å²) in [5.41, 5.74) is 1.92.